The van der Waals surface area contributed by atoms with Crippen LogP contribution in [-0.4, -0.2) is 11.5 Å². The molecule has 0 aliphatic heterocycles. The van der Waals surface area contributed by atoms with Crippen molar-refractivity contribution >= 4 is 0 Å². The van der Waals surface area contributed by atoms with Crippen molar-refractivity contribution in [1.82, 2.24) is 10.3 Å². The molecular formula is C16H19FN2. The second-order valence-electron chi connectivity index (χ2n) is 4.67. The molecule has 0 aliphatic carbocycles. The van der Waals surface area contributed by atoms with Crippen LogP contribution in [-0.2, 0) is 6.54 Å². The van der Waals surface area contributed by atoms with Crippen LogP contribution in [0.3, 0.4) is 0 Å². The van der Waals surface area contributed by atoms with E-state index in [2.05, 4.69) is 17.2 Å². The number of pyridine rings is 1. The molecule has 0 bridgehead atoms. The highest BCUT2D eigenvalue weighted by atomic mass is 19.1. The monoisotopic (exact) mass is 258 g/mol. The third-order valence-electron chi connectivity index (χ3n) is 3.03. The van der Waals surface area contributed by atoms with E-state index < -0.39 is 0 Å². The first-order valence-electron chi connectivity index (χ1n) is 6.63. The van der Waals surface area contributed by atoms with E-state index in [-0.39, 0.29) is 5.82 Å². The average molecular weight is 258 g/mol. The predicted octanol–water partition coefficient (Wildman–Crippen LogP) is 3.70. The molecular weight excluding hydrogens is 239 g/mol. The van der Waals surface area contributed by atoms with Crippen LogP contribution in [0.2, 0.25) is 0 Å². The van der Waals surface area contributed by atoms with E-state index in [1.165, 1.54) is 6.07 Å². The second-order valence-corrected chi connectivity index (χ2v) is 4.67. The van der Waals surface area contributed by atoms with Gasteiger partial charge in [-0.3, -0.25) is 4.98 Å². The number of aryl methyl sites for hydroxylation is 1. The lowest BCUT2D eigenvalue weighted by Gasteiger charge is -2.11. The topological polar surface area (TPSA) is 24.9 Å². The zero-order valence-corrected chi connectivity index (χ0v) is 11.4. The quantitative estimate of drug-likeness (QED) is 0.827. The van der Waals surface area contributed by atoms with E-state index in [1.54, 1.807) is 6.07 Å². The minimum Gasteiger partial charge on any atom is -0.313 e. The molecule has 0 saturated heterocycles. The van der Waals surface area contributed by atoms with Gasteiger partial charge in [-0.2, -0.15) is 0 Å². The average Bonchev–Trinajstić information content (AvgIpc) is 2.41. The summed E-state index contributed by atoms with van der Waals surface area (Å²) in [5.41, 5.74) is 4.02. The Bertz CT molecular complexity index is 535. The lowest BCUT2D eigenvalue weighted by atomic mass is 10.0. The summed E-state index contributed by atoms with van der Waals surface area (Å²) in [5.74, 6) is -0.197. The van der Waals surface area contributed by atoms with Gasteiger partial charge in [0.25, 0.3) is 0 Å². The maximum Gasteiger partial charge on any atom is 0.123 e. The summed E-state index contributed by atoms with van der Waals surface area (Å²) >= 11 is 0. The van der Waals surface area contributed by atoms with Gasteiger partial charge in [-0.15, -0.1) is 0 Å². The molecule has 0 fully saturated rings. The fourth-order valence-corrected chi connectivity index (χ4v) is 2.02. The van der Waals surface area contributed by atoms with E-state index in [1.807, 2.05) is 31.3 Å². The van der Waals surface area contributed by atoms with Crippen LogP contribution in [0.1, 0.15) is 24.6 Å². The van der Waals surface area contributed by atoms with Crippen molar-refractivity contribution in [3.05, 3.63) is 53.6 Å². The molecule has 2 rings (SSSR count). The zero-order valence-electron chi connectivity index (χ0n) is 11.4. The third kappa shape index (κ3) is 3.61. The highest BCUT2D eigenvalue weighted by molar-refractivity contribution is 5.66. The molecule has 1 aromatic heterocycles. The van der Waals surface area contributed by atoms with E-state index in [0.29, 0.717) is 6.54 Å². The molecule has 1 heterocycles. The first-order valence-corrected chi connectivity index (χ1v) is 6.63. The van der Waals surface area contributed by atoms with Crippen molar-refractivity contribution in [3.63, 3.8) is 0 Å². The number of rotatable bonds is 5. The van der Waals surface area contributed by atoms with Gasteiger partial charge in [0.15, 0.2) is 0 Å². The van der Waals surface area contributed by atoms with Crippen LogP contribution in [0, 0.1) is 12.7 Å². The van der Waals surface area contributed by atoms with Crippen LogP contribution in [0.5, 0.6) is 0 Å². The molecule has 0 saturated carbocycles. The number of halogens is 1. The largest absolute Gasteiger partial charge is 0.313 e. The van der Waals surface area contributed by atoms with Crippen LogP contribution in [0.15, 0.2) is 36.5 Å². The van der Waals surface area contributed by atoms with E-state index in [4.69, 9.17) is 0 Å². The number of hydrogen-bond acceptors (Lipinski definition) is 2. The Morgan fingerprint density at radius 1 is 1.21 bits per heavy atom. The second kappa shape index (κ2) is 6.43. The molecule has 0 atom stereocenters. The van der Waals surface area contributed by atoms with Gasteiger partial charge in [-0.1, -0.05) is 19.1 Å². The summed E-state index contributed by atoms with van der Waals surface area (Å²) in [4.78, 5) is 4.30. The van der Waals surface area contributed by atoms with Gasteiger partial charge in [0.2, 0.25) is 0 Å². The van der Waals surface area contributed by atoms with Crippen molar-refractivity contribution < 1.29 is 4.39 Å². The fourth-order valence-electron chi connectivity index (χ4n) is 2.02. The van der Waals surface area contributed by atoms with Crippen LogP contribution < -0.4 is 5.32 Å². The standard InChI is InChI=1S/C16H19FN2/c1-3-8-18-10-14-9-15(17)6-7-16(14)13-5-4-12(2)19-11-13/h4-7,9,11,18H,3,8,10H2,1-2H3. The molecule has 0 radical (unpaired) electrons. The lowest BCUT2D eigenvalue weighted by Crippen LogP contribution is -2.14. The number of hydrogen-bond donors (Lipinski definition) is 1. The Kier molecular flexibility index (Phi) is 4.63. The highest BCUT2D eigenvalue weighted by Crippen LogP contribution is 2.24. The Hall–Kier alpha value is -1.74. The third-order valence-corrected chi connectivity index (χ3v) is 3.03. The Morgan fingerprint density at radius 3 is 2.74 bits per heavy atom. The maximum atomic E-state index is 13.4. The van der Waals surface area contributed by atoms with E-state index in [0.717, 1.165) is 35.3 Å². The molecule has 0 unspecified atom stereocenters. The van der Waals surface area contributed by atoms with Crippen molar-refractivity contribution in [2.24, 2.45) is 0 Å². The highest BCUT2D eigenvalue weighted by Gasteiger charge is 2.06. The molecule has 100 valence electrons. The van der Waals surface area contributed by atoms with Crippen molar-refractivity contribution in [2.75, 3.05) is 6.54 Å². The van der Waals surface area contributed by atoms with Gasteiger partial charge in [-0.25, -0.2) is 4.39 Å². The molecule has 19 heavy (non-hydrogen) atoms. The lowest BCUT2D eigenvalue weighted by molar-refractivity contribution is 0.619. The Labute approximate surface area is 113 Å². The number of nitrogens with one attached hydrogen (secondary N) is 1. The summed E-state index contributed by atoms with van der Waals surface area (Å²) in [5, 5.41) is 3.31. The first kappa shape index (κ1) is 13.7. The summed E-state index contributed by atoms with van der Waals surface area (Å²) in [7, 11) is 0. The smallest absolute Gasteiger partial charge is 0.123 e. The Morgan fingerprint density at radius 2 is 2.05 bits per heavy atom. The Balaban J connectivity index is 2.30. The van der Waals surface area contributed by atoms with Gasteiger partial charge in [0.05, 0.1) is 0 Å². The summed E-state index contributed by atoms with van der Waals surface area (Å²) in [6, 6.07) is 8.92. The number of benzene rings is 1. The van der Waals surface area contributed by atoms with Crippen molar-refractivity contribution in [3.8, 4) is 11.1 Å². The van der Waals surface area contributed by atoms with Gasteiger partial charge >= 0.3 is 0 Å². The molecule has 2 nitrogen and oxygen atoms in total. The van der Waals surface area contributed by atoms with Crippen molar-refractivity contribution in [1.29, 1.82) is 0 Å². The normalized spacial score (nSPS) is 10.7. The zero-order chi connectivity index (χ0) is 13.7. The van der Waals surface area contributed by atoms with E-state index in [9.17, 15) is 4.39 Å². The summed E-state index contributed by atoms with van der Waals surface area (Å²) < 4.78 is 13.4. The number of aromatic nitrogens is 1. The molecule has 0 spiro atoms. The first-order chi connectivity index (χ1) is 9.20. The van der Waals surface area contributed by atoms with Gasteiger partial charge in [-0.05, 0) is 49.2 Å². The van der Waals surface area contributed by atoms with Gasteiger partial charge < -0.3 is 5.32 Å². The molecule has 1 aromatic carbocycles. The maximum absolute atomic E-state index is 13.4. The number of nitrogens with zero attached hydrogens (tertiary/aromatic N) is 1. The molecule has 2 aromatic rings. The SMILES string of the molecule is CCCNCc1cc(F)ccc1-c1ccc(C)nc1. The van der Waals surface area contributed by atoms with Crippen LogP contribution in [0.25, 0.3) is 11.1 Å². The van der Waals surface area contributed by atoms with Gasteiger partial charge in [0, 0.05) is 24.0 Å². The molecule has 1 N–H and O–H groups in total. The van der Waals surface area contributed by atoms with Gasteiger partial charge in [0.1, 0.15) is 5.82 Å². The van der Waals surface area contributed by atoms with Crippen LogP contribution in [0.4, 0.5) is 4.39 Å². The predicted molar refractivity (Wildman–Crippen MR) is 76.4 cm³/mol. The molecule has 0 amide bonds. The van der Waals surface area contributed by atoms with Crippen LogP contribution >= 0.6 is 0 Å². The van der Waals surface area contributed by atoms with E-state index >= 15 is 0 Å². The summed E-state index contributed by atoms with van der Waals surface area (Å²) in [6.07, 6.45) is 2.91. The molecule has 3 heteroatoms. The minimum atomic E-state index is -0.197. The molecule has 0 aliphatic rings. The summed E-state index contributed by atoms with van der Waals surface area (Å²) in [6.45, 7) is 5.68. The fraction of sp³-hybridized carbons (Fsp3) is 0.312. The van der Waals surface area contributed by atoms with Crippen molar-refractivity contribution in [2.45, 2.75) is 26.8 Å². The minimum absolute atomic E-state index is 0.197.